The fourth-order valence-electron chi connectivity index (χ4n) is 1.12. The quantitative estimate of drug-likeness (QED) is 0.610. The fraction of sp³-hybridized carbons (Fsp3) is 1.00. The van der Waals surface area contributed by atoms with Crippen LogP contribution in [0.5, 0.6) is 0 Å². The Morgan fingerprint density at radius 1 is 1.08 bits per heavy atom. The molecule has 0 aromatic rings. The molecule has 0 aliphatic heterocycles. The molecule has 74 valence electrons. The van der Waals surface area contributed by atoms with Crippen molar-refractivity contribution < 1.29 is 0 Å². The molecule has 2 atom stereocenters. The zero-order valence-corrected chi connectivity index (χ0v) is 8.98. The van der Waals surface area contributed by atoms with Gasteiger partial charge in [-0.2, -0.15) is 0 Å². The molecule has 0 aromatic heterocycles. The van der Waals surface area contributed by atoms with Crippen LogP contribution in [0, 0.1) is 5.92 Å². The maximum atomic E-state index is 3.56. The summed E-state index contributed by atoms with van der Waals surface area (Å²) in [4.78, 5) is 0. The summed E-state index contributed by atoms with van der Waals surface area (Å²) in [6, 6.07) is 0.643. The van der Waals surface area contributed by atoms with Crippen molar-refractivity contribution in [1.29, 1.82) is 0 Å². The third kappa shape index (κ3) is 5.56. The van der Waals surface area contributed by atoms with Crippen molar-refractivity contribution in [3.63, 3.8) is 0 Å². The maximum absolute atomic E-state index is 3.56. The molecule has 0 spiro atoms. The average Bonchev–Trinajstić information content (AvgIpc) is 2.11. The molecule has 0 aliphatic carbocycles. The molecule has 12 heavy (non-hydrogen) atoms. The topological polar surface area (TPSA) is 24.1 Å². The second-order valence-electron chi connectivity index (χ2n) is 3.58. The number of hydrogen-bond acceptors (Lipinski definition) is 2. The van der Waals surface area contributed by atoms with Gasteiger partial charge in [-0.3, -0.25) is 0 Å². The summed E-state index contributed by atoms with van der Waals surface area (Å²) in [6.45, 7) is 8.99. The number of likely N-dealkylation sites (N-methyl/N-ethyl adjacent to an activating group) is 1. The van der Waals surface area contributed by atoms with Gasteiger partial charge in [-0.15, -0.1) is 0 Å². The van der Waals surface area contributed by atoms with Crippen LogP contribution in [-0.2, 0) is 0 Å². The molecule has 0 amide bonds. The van der Waals surface area contributed by atoms with Crippen LogP contribution in [0.25, 0.3) is 0 Å². The molecule has 0 heterocycles. The summed E-state index contributed by atoms with van der Waals surface area (Å²) in [5.74, 6) is 0.802. The first-order valence-electron chi connectivity index (χ1n) is 5.12. The van der Waals surface area contributed by atoms with E-state index in [2.05, 4.69) is 31.4 Å². The summed E-state index contributed by atoms with van der Waals surface area (Å²) in [5, 5.41) is 6.76. The Bertz CT molecular complexity index is 93.8. The lowest BCUT2D eigenvalue weighted by Crippen LogP contribution is -2.39. The van der Waals surface area contributed by atoms with Crippen molar-refractivity contribution in [3.05, 3.63) is 0 Å². The van der Waals surface area contributed by atoms with Gasteiger partial charge in [0, 0.05) is 12.6 Å². The molecule has 0 fully saturated rings. The Morgan fingerprint density at radius 3 is 2.17 bits per heavy atom. The predicted octanol–water partition coefficient (Wildman–Crippen LogP) is 1.62. The molecular formula is C10H24N2. The van der Waals surface area contributed by atoms with E-state index >= 15 is 0 Å². The maximum Gasteiger partial charge on any atom is 0.0189 e. The Kier molecular flexibility index (Phi) is 7.51. The molecule has 0 bridgehead atoms. The van der Waals surface area contributed by atoms with Crippen molar-refractivity contribution in [2.45, 2.75) is 39.7 Å². The van der Waals surface area contributed by atoms with Gasteiger partial charge in [-0.25, -0.2) is 0 Å². The first-order chi connectivity index (χ1) is 5.74. The van der Waals surface area contributed by atoms with E-state index in [9.17, 15) is 0 Å². The number of rotatable bonds is 7. The van der Waals surface area contributed by atoms with E-state index in [1.54, 1.807) is 0 Å². The molecular weight excluding hydrogens is 148 g/mol. The molecule has 0 rings (SSSR count). The van der Waals surface area contributed by atoms with Crippen molar-refractivity contribution in [1.82, 2.24) is 10.6 Å². The standard InChI is InChI=1S/C10H24N2/c1-5-9(3)7-12-10(6-2)8-11-4/h9-12H,5-8H2,1-4H3/t9-,10?/m0/s1. The zero-order chi connectivity index (χ0) is 9.40. The van der Waals surface area contributed by atoms with Crippen LogP contribution in [0.15, 0.2) is 0 Å². The third-order valence-electron chi connectivity index (χ3n) is 2.40. The van der Waals surface area contributed by atoms with Gasteiger partial charge in [0.2, 0.25) is 0 Å². The lowest BCUT2D eigenvalue weighted by Gasteiger charge is -2.18. The first-order valence-corrected chi connectivity index (χ1v) is 5.12. The predicted molar refractivity (Wildman–Crippen MR) is 55.5 cm³/mol. The van der Waals surface area contributed by atoms with E-state index in [1.165, 1.54) is 12.8 Å². The Hall–Kier alpha value is -0.0800. The summed E-state index contributed by atoms with van der Waals surface area (Å²) in [5.41, 5.74) is 0. The largest absolute Gasteiger partial charge is 0.318 e. The monoisotopic (exact) mass is 172 g/mol. The van der Waals surface area contributed by atoms with Gasteiger partial charge in [0.25, 0.3) is 0 Å². The van der Waals surface area contributed by atoms with Gasteiger partial charge in [-0.05, 0) is 25.9 Å². The molecule has 0 aromatic carbocycles. The van der Waals surface area contributed by atoms with Crippen LogP contribution < -0.4 is 10.6 Å². The minimum Gasteiger partial charge on any atom is -0.318 e. The highest BCUT2D eigenvalue weighted by atomic mass is 15.0. The minimum absolute atomic E-state index is 0.643. The van der Waals surface area contributed by atoms with E-state index in [4.69, 9.17) is 0 Å². The highest BCUT2D eigenvalue weighted by Crippen LogP contribution is 1.99. The van der Waals surface area contributed by atoms with E-state index < -0.39 is 0 Å². The van der Waals surface area contributed by atoms with Crippen LogP contribution >= 0.6 is 0 Å². The normalized spacial score (nSPS) is 16.0. The van der Waals surface area contributed by atoms with Crippen molar-refractivity contribution in [2.24, 2.45) is 5.92 Å². The zero-order valence-electron chi connectivity index (χ0n) is 8.98. The van der Waals surface area contributed by atoms with E-state index in [0.717, 1.165) is 19.0 Å². The molecule has 0 radical (unpaired) electrons. The average molecular weight is 172 g/mol. The van der Waals surface area contributed by atoms with Gasteiger partial charge in [0.05, 0.1) is 0 Å². The van der Waals surface area contributed by atoms with E-state index in [0.29, 0.717) is 6.04 Å². The van der Waals surface area contributed by atoms with Crippen LogP contribution in [0.3, 0.4) is 0 Å². The molecule has 0 saturated heterocycles. The molecule has 1 unspecified atom stereocenters. The SMILES string of the molecule is CCC(CNC)NC[C@@H](C)CC. The molecule has 2 N–H and O–H groups in total. The first kappa shape index (κ1) is 11.9. The number of nitrogens with one attached hydrogen (secondary N) is 2. The lowest BCUT2D eigenvalue weighted by molar-refractivity contribution is 0.420. The molecule has 0 saturated carbocycles. The van der Waals surface area contributed by atoms with Gasteiger partial charge in [-0.1, -0.05) is 27.2 Å². The van der Waals surface area contributed by atoms with Crippen LogP contribution in [0.2, 0.25) is 0 Å². The summed E-state index contributed by atoms with van der Waals surface area (Å²) in [7, 11) is 2.01. The Labute approximate surface area is 77.1 Å². The molecule has 2 heteroatoms. The van der Waals surface area contributed by atoms with Gasteiger partial charge in [0.15, 0.2) is 0 Å². The minimum atomic E-state index is 0.643. The van der Waals surface area contributed by atoms with Crippen LogP contribution in [0.1, 0.15) is 33.6 Å². The lowest BCUT2D eigenvalue weighted by atomic mass is 10.1. The van der Waals surface area contributed by atoms with E-state index in [1.807, 2.05) is 7.05 Å². The summed E-state index contributed by atoms with van der Waals surface area (Å²) >= 11 is 0. The summed E-state index contributed by atoms with van der Waals surface area (Å²) < 4.78 is 0. The van der Waals surface area contributed by atoms with Gasteiger partial charge in [0.1, 0.15) is 0 Å². The highest BCUT2D eigenvalue weighted by molar-refractivity contribution is 4.67. The molecule has 0 aliphatic rings. The van der Waals surface area contributed by atoms with Crippen LogP contribution in [0.4, 0.5) is 0 Å². The third-order valence-corrected chi connectivity index (χ3v) is 2.40. The Balaban J connectivity index is 3.43. The smallest absolute Gasteiger partial charge is 0.0189 e. The van der Waals surface area contributed by atoms with E-state index in [-0.39, 0.29) is 0 Å². The second kappa shape index (κ2) is 7.56. The van der Waals surface area contributed by atoms with Crippen molar-refractivity contribution in [2.75, 3.05) is 20.1 Å². The molecule has 2 nitrogen and oxygen atoms in total. The fourth-order valence-corrected chi connectivity index (χ4v) is 1.12. The number of hydrogen-bond donors (Lipinski definition) is 2. The Morgan fingerprint density at radius 2 is 1.75 bits per heavy atom. The van der Waals surface area contributed by atoms with Crippen molar-refractivity contribution >= 4 is 0 Å². The summed E-state index contributed by atoms with van der Waals surface area (Å²) in [6.07, 6.45) is 2.47. The van der Waals surface area contributed by atoms with Crippen molar-refractivity contribution in [3.8, 4) is 0 Å². The van der Waals surface area contributed by atoms with Crippen LogP contribution in [-0.4, -0.2) is 26.2 Å². The second-order valence-corrected chi connectivity index (χ2v) is 3.58. The highest BCUT2D eigenvalue weighted by Gasteiger charge is 2.05. The van der Waals surface area contributed by atoms with Gasteiger partial charge < -0.3 is 10.6 Å². The van der Waals surface area contributed by atoms with Gasteiger partial charge >= 0.3 is 0 Å².